The van der Waals surface area contributed by atoms with Crippen molar-refractivity contribution in [3.8, 4) is 0 Å². The number of rotatable bonds is 4. The monoisotopic (exact) mass is 353 g/mol. The van der Waals surface area contributed by atoms with Crippen molar-refractivity contribution in [3.63, 3.8) is 0 Å². The van der Waals surface area contributed by atoms with E-state index in [0.29, 0.717) is 0 Å². The van der Waals surface area contributed by atoms with Crippen LogP contribution in [0.1, 0.15) is 16.1 Å². The number of aryl methyl sites for hydroxylation is 2. The summed E-state index contributed by atoms with van der Waals surface area (Å²) in [7, 11) is 2.11. The van der Waals surface area contributed by atoms with Crippen molar-refractivity contribution < 1.29 is 4.79 Å². The Morgan fingerprint density at radius 3 is 2.60 bits per heavy atom. The van der Waals surface area contributed by atoms with Gasteiger partial charge in [0.25, 0.3) is 5.91 Å². The molecule has 5 heteroatoms. The SMILES string of the molecule is CN1CCN(C(=O)c2cc3sccc3n2CCc2ccccc2)CC1. The van der Waals surface area contributed by atoms with Gasteiger partial charge in [0, 0.05) is 32.7 Å². The summed E-state index contributed by atoms with van der Waals surface area (Å²) in [5.41, 5.74) is 3.32. The molecule has 1 amide bonds. The molecule has 0 unspecified atom stereocenters. The second-order valence-corrected chi connectivity index (χ2v) is 7.63. The largest absolute Gasteiger partial charge is 0.335 e. The first-order valence-corrected chi connectivity index (χ1v) is 9.69. The van der Waals surface area contributed by atoms with Gasteiger partial charge in [-0.3, -0.25) is 4.79 Å². The molecule has 0 spiro atoms. The Morgan fingerprint density at radius 1 is 1.08 bits per heavy atom. The zero-order valence-corrected chi connectivity index (χ0v) is 15.3. The molecule has 1 fully saturated rings. The van der Waals surface area contributed by atoms with Gasteiger partial charge in [-0.2, -0.15) is 0 Å². The third kappa shape index (κ3) is 3.34. The highest BCUT2D eigenvalue weighted by Crippen LogP contribution is 2.27. The lowest BCUT2D eigenvalue weighted by atomic mass is 10.1. The number of carbonyl (C=O) groups excluding carboxylic acids is 1. The Balaban J connectivity index is 1.60. The smallest absolute Gasteiger partial charge is 0.270 e. The number of nitrogens with zero attached hydrogens (tertiary/aromatic N) is 3. The van der Waals surface area contributed by atoms with Gasteiger partial charge < -0.3 is 14.4 Å². The van der Waals surface area contributed by atoms with Crippen LogP contribution in [0.5, 0.6) is 0 Å². The lowest BCUT2D eigenvalue weighted by Crippen LogP contribution is -2.47. The van der Waals surface area contributed by atoms with Crippen LogP contribution in [0, 0.1) is 0 Å². The van der Waals surface area contributed by atoms with Crippen molar-refractivity contribution >= 4 is 27.5 Å². The highest BCUT2D eigenvalue weighted by Gasteiger charge is 2.24. The van der Waals surface area contributed by atoms with Crippen molar-refractivity contribution in [2.45, 2.75) is 13.0 Å². The molecule has 1 saturated heterocycles. The summed E-state index contributed by atoms with van der Waals surface area (Å²) in [4.78, 5) is 17.4. The van der Waals surface area contributed by atoms with Crippen LogP contribution in [0.25, 0.3) is 10.2 Å². The minimum atomic E-state index is 0.171. The Labute approximate surface area is 152 Å². The van der Waals surface area contributed by atoms with Gasteiger partial charge in [-0.1, -0.05) is 30.3 Å². The molecule has 2 aromatic heterocycles. The summed E-state index contributed by atoms with van der Waals surface area (Å²) >= 11 is 1.71. The number of carbonyl (C=O) groups is 1. The first-order chi connectivity index (χ1) is 12.2. The minimum absolute atomic E-state index is 0.171. The second kappa shape index (κ2) is 7.02. The molecule has 0 N–H and O–H groups in total. The fourth-order valence-electron chi connectivity index (χ4n) is 3.45. The fraction of sp³-hybridized carbons (Fsp3) is 0.350. The van der Waals surface area contributed by atoms with Gasteiger partial charge in [0.15, 0.2) is 0 Å². The molecule has 0 saturated carbocycles. The Bertz CT molecular complexity index is 860. The topological polar surface area (TPSA) is 28.5 Å². The van der Waals surface area contributed by atoms with Crippen LogP contribution >= 0.6 is 11.3 Å². The summed E-state index contributed by atoms with van der Waals surface area (Å²) in [6.07, 6.45) is 0.934. The number of hydrogen-bond donors (Lipinski definition) is 0. The average molecular weight is 353 g/mol. The molecular weight excluding hydrogens is 330 g/mol. The van der Waals surface area contributed by atoms with Gasteiger partial charge in [-0.15, -0.1) is 11.3 Å². The van der Waals surface area contributed by atoms with Crippen LogP contribution < -0.4 is 0 Å². The maximum atomic E-state index is 13.1. The van der Waals surface area contributed by atoms with Gasteiger partial charge >= 0.3 is 0 Å². The van der Waals surface area contributed by atoms with E-state index in [1.807, 2.05) is 11.0 Å². The highest BCUT2D eigenvalue weighted by atomic mass is 32.1. The molecule has 4 rings (SSSR count). The van der Waals surface area contributed by atoms with E-state index >= 15 is 0 Å². The molecule has 25 heavy (non-hydrogen) atoms. The summed E-state index contributed by atoms with van der Waals surface area (Å²) in [6, 6.07) is 14.7. The van der Waals surface area contributed by atoms with E-state index in [1.165, 1.54) is 15.8 Å². The molecule has 1 aromatic carbocycles. The van der Waals surface area contributed by atoms with Crippen LogP contribution in [-0.4, -0.2) is 53.5 Å². The highest BCUT2D eigenvalue weighted by molar-refractivity contribution is 7.17. The Hall–Kier alpha value is -2.11. The number of piperazine rings is 1. The number of amides is 1. The zero-order valence-electron chi connectivity index (χ0n) is 14.5. The minimum Gasteiger partial charge on any atom is -0.335 e. The Kier molecular flexibility index (Phi) is 4.59. The van der Waals surface area contributed by atoms with E-state index < -0.39 is 0 Å². The molecule has 0 aliphatic carbocycles. The van der Waals surface area contributed by atoms with Crippen LogP contribution in [0.3, 0.4) is 0 Å². The second-order valence-electron chi connectivity index (χ2n) is 6.68. The van der Waals surface area contributed by atoms with E-state index in [-0.39, 0.29) is 5.91 Å². The molecular formula is C20H23N3OS. The summed E-state index contributed by atoms with van der Waals surface area (Å²) in [5, 5.41) is 2.10. The first kappa shape index (κ1) is 16.4. The molecule has 130 valence electrons. The lowest BCUT2D eigenvalue weighted by molar-refractivity contribution is 0.0653. The van der Waals surface area contributed by atoms with E-state index in [0.717, 1.165) is 44.8 Å². The van der Waals surface area contributed by atoms with Crippen LogP contribution in [0.4, 0.5) is 0 Å². The van der Waals surface area contributed by atoms with Gasteiger partial charge in [-0.25, -0.2) is 0 Å². The van der Waals surface area contributed by atoms with Gasteiger partial charge in [0.2, 0.25) is 0 Å². The van der Waals surface area contributed by atoms with Gasteiger partial charge in [0.05, 0.1) is 10.2 Å². The molecule has 3 heterocycles. The molecule has 1 aliphatic heterocycles. The average Bonchev–Trinajstić information content (AvgIpc) is 3.22. The molecule has 4 nitrogen and oxygen atoms in total. The van der Waals surface area contributed by atoms with E-state index in [9.17, 15) is 4.79 Å². The van der Waals surface area contributed by atoms with Gasteiger partial charge in [0.1, 0.15) is 5.69 Å². The summed E-state index contributed by atoms with van der Waals surface area (Å²) in [6.45, 7) is 4.36. The number of aromatic nitrogens is 1. The van der Waals surface area contributed by atoms with Crippen molar-refractivity contribution in [3.05, 3.63) is 59.1 Å². The summed E-state index contributed by atoms with van der Waals surface area (Å²) in [5.74, 6) is 0.171. The lowest BCUT2D eigenvalue weighted by Gasteiger charge is -2.32. The van der Waals surface area contributed by atoms with Crippen LogP contribution in [-0.2, 0) is 13.0 Å². The normalized spacial score (nSPS) is 15.8. The predicted octanol–water partition coefficient (Wildman–Crippen LogP) is 3.33. The molecule has 3 aromatic rings. The number of thiophene rings is 1. The van der Waals surface area contributed by atoms with E-state index in [1.54, 1.807) is 11.3 Å². The number of benzene rings is 1. The Morgan fingerprint density at radius 2 is 1.84 bits per heavy atom. The third-order valence-electron chi connectivity index (χ3n) is 5.00. The van der Waals surface area contributed by atoms with Crippen molar-refractivity contribution in [1.29, 1.82) is 0 Å². The maximum Gasteiger partial charge on any atom is 0.270 e. The molecule has 0 atom stereocenters. The third-order valence-corrected chi connectivity index (χ3v) is 5.85. The number of likely N-dealkylation sites (N-methyl/N-ethyl adjacent to an activating group) is 1. The summed E-state index contributed by atoms with van der Waals surface area (Å²) < 4.78 is 3.41. The molecule has 1 aliphatic rings. The van der Waals surface area contributed by atoms with Crippen molar-refractivity contribution in [2.24, 2.45) is 0 Å². The fourth-order valence-corrected chi connectivity index (χ4v) is 4.27. The van der Waals surface area contributed by atoms with E-state index in [2.05, 4.69) is 58.3 Å². The number of fused-ring (bicyclic) bond motifs is 1. The van der Waals surface area contributed by atoms with Crippen molar-refractivity contribution in [1.82, 2.24) is 14.4 Å². The van der Waals surface area contributed by atoms with Crippen molar-refractivity contribution in [2.75, 3.05) is 33.2 Å². The standard InChI is InChI=1S/C20H23N3OS/c1-21-10-12-22(13-11-21)20(24)18-15-19-17(8-14-25-19)23(18)9-7-16-5-3-2-4-6-16/h2-6,8,14-15H,7,9-13H2,1H3. The first-order valence-electron chi connectivity index (χ1n) is 8.81. The van der Waals surface area contributed by atoms with Crippen LogP contribution in [0.2, 0.25) is 0 Å². The maximum absolute atomic E-state index is 13.1. The quantitative estimate of drug-likeness (QED) is 0.720. The number of hydrogen-bond acceptors (Lipinski definition) is 3. The van der Waals surface area contributed by atoms with Crippen LogP contribution in [0.15, 0.2) is 47.8 Å². The molecule has 0 bridgehead atoms. The van der Waals surface area contributed by atoms with E-state index in [4.69, 9.17) is 0 Å². The molecule has 0 radical (unpaired) electrons. The zero-order chi connectivity index (χ0) is 17.2. The van der Waals surface area contributed by atoms with Gasteiger partial charge in [-0.05, 0) is 36.5 Å². The predicted molar refractivity (Wildman–Crippen MR) is 103 cm³/mol.